The summed E-state index contributed by atoms with van der Waals surface area (Å²) in [5, 5.41) is 3.08. The van der Waals surface area contributed by atoms with E-state index in [1.54, 1.807) is 18.2 Å². The number of benzene rings is 2. The van der Waals surface area contributed by atoms with E-state index in [0.29, 0.717) is 12.2 Å². The molecule has 0 atom stereocenters. The Morgan fingerprint density at radius 3 is 2.38 bits per heavy atom. The lowest BCUT2D eigenvalue weighted by Crippen LogP contribution is -2.19. The van der Waals surface area contributed by atoms with Crippen molar-refractivity contribution in [3.63, 3.8) is 0 Å². The molecular formula is C15H13BrF3NO. The molecule has 21 heavy (non-hydrogen) atoms. The van der Waals surface area contributed by atoms with Crippen molar-refractivity contribution in [2.75, 3.05) is 11.9 Å². The predicted molar refractivity (Wildman–Crippen MR) is 79.5 cm³/mol. The van der Waals surface area contributed by atoms with Crippen LogP contribution in [0.25, 0.3) is 0 Å². The van der Waals surface area contributed by atoms with Crippen LogP contribution in [0.5, 0.6) is 5.75 Å². The summed E-state index contributed by atoms with van der Waals surface area (Å²) >= 11 is 3.43. The van der Waals surface area contributed by atoms with E-state index in [4.69, 9.17) is 4.74 Å². The van der Waals surface area contributed by atoms with Gasteiger partial charge in [0.05, 0.1) is 5.69 Å². The Morgan fingerprint density at radius 2 is 1.67 bits per heavy atom. The summed E-state index contributed by atoms with van der Waals surface area (Å²) in [6.45, 7) is -0.825. The summed E-state index contributed by atoms with van der Waals surface area (Å²) in [5.74, 6) is 0.182. The standard InChI is InChI=1S/C15H13BrF3NO/c16-12-6-2-1-5-11(12)9-20-13-7-3-4-8-14(13)21-10-15(17,18)19/h1-8,20H,9-10H2. The number of hydrogen-bond acceptors (Lipinski definition) is 2. The first-order valence-electron chi connectivity index (χ1n) is 6.21. The van der Waals surface area contributed by atoms with Crippen LogP contribution in [0.3, 0.4) is 0 Å². The molecule has 0 fully saturated rings. The van der Waals surface area contributed by atoms with Crippen LogP contribution in [-0.4, -0.2) is 12.8 Å². The van der Waals surface area contributed by atoms with Gasteiger partial charge in [0.1, 0.15) is 5.75 Å². The second kappa shape index (κ2) is 6.85. The first-order chi connectivity index (χ1) is 9.96. The number of nitrogens with one attached hydrogen (secondary N) is 1. The number of ether oxygens (including phenoxy) is 1. The molecule has 1 N–H and O–H groups in total. The highest BCUT2D eigenvalue weighted by Gasteiger charge is 2.28. The van der Waals surface area contributed by atoms with Crippen LogP contribution >= 0.6 is 15.9 Å². The summed E-state index contributed by atoms with van der Waals surface area (Å²) in [6.07, 6.45) is -4.35. The number of para-hydroxylation sites is 2. The zero-order chi connectivity index (χ0) is 15.3. The van der Waals surface area contributed by atoms with Crippen molar-refractivity contribution in [1.29, 1.82) is 0 Å². The Kier molecular flexibility index (Phi) is 5.12. The second-order valence-electron chi connectivity index (χ2n) is 4.34. The molecule has 0 bridgehead atoms. The van der Waals surface area contributed by atoms with Crippen molar-refractivity contribution in [3.05, 3.63) is 58.6 Å². The minimum absolute atomic E-state index is 0.182. The zero-order valence-electron chi connectivity index (χ0n) is 11.0. The highest BCUT2D eigenvalue weighted by atomic mass is 79.9. The molecule has 0 radical (unpaired) electrons. The van der Waals surface area contributed by atoms with E-state index in [-0.39, 0.29) is 5.75 Å². The first-order valence-corrected chi connectivity index (χ1v) is 7.01. The third-order valence-electron chi connectivity index (χ3n) is 2.71. The molecule has 6 heteroatoms. The lowest BCUT2D eigenvalue weighted by atomic mass is 10.2. The van der Waals surface area contributed by atoms with Crippen LogP contribution in [0.1, 0.15) is 5.56 Å². The van der Waals surface area contributed by atoms with Crippen molar-refractivity contribution >= 4 is 21.6 Å². The maximum Gasteiger partial charge on any atom is 0.422 e. The lowest BCUT2D eigenvalue weighted by molar-refractivity contribution is -0.153. The van der Waals surface area contributed by atoms with E-state index in [1.165, 1.54) is 6.07 Å². The van der Waals surface area contributed by atoms with Gasteiger partial charge in [0, 0.05) is 11.0 Å². The van der Waals surface area contributed by atoms with Gasteiger partial charge in [0.2, 0.25) is 0 Å². The van der Waals surface area contributed by atoms with Gasteiger partial charge in [0.25, 0.3) is 0 Å². The van der Waals surface area contributed by atoms with Gasteiger partial charge in [-0.2, -0.15) is 13.2 Å². The highest BCUT2D eigenvalue weighted by molar-refractivity contribution is 9.10. The van der Waals surface area contributed by atoms with Crippen LogP contribution in [0, 0.1) is 0 Å². The third-order valence-corrected chi connectivity index (χ3v) is 3.48. The van der Waals surface area contributed by atoms with E-state index in [2.05, 4.69) is 21.2 Å². The van der Waals surface area contributed by atoms with Crippen molar-refractivity contribution in [2.45, 2.75) is 12.7 Å². The molecule has 0 unspecified atom stereocenters. The molecule has 0 aliphatic rings. The highest BCUT2D eigenvalue weighted by Crippen LogP contribution is 2.27. The van der Waals surface area contributed by atoms with E-state index < -0.39 is 12.8 Å². The molecule has 0 spiro atoms. The Hall–Kier alpha value is -1.69. The Morgan fingerprint density at radius 1 is 1.00 bits per heavy atom. The first kappa shape index (κ1) is 15.7. The number of anilines is 1. The predicted octanol–water partition coefficient (Wildman–Crippen LogP) is 5.00. The molecule has 0 aliphatic carbocycles. The molecule has 0 saturated carbocycles. The van der Waals surface area contributed by atoms with E-state index in [9.17, 15) is 13.2 Å². The smallest absolute Gasteiger partial charge is 0.422 e. The van der Waals surface area contributed by atoms with Crippen molar-refractivity contribution in [3.8, 4) is 5.75 Å². The maximum absolute atomic E-state index is 12.2. The number of hydrogen-bond donors (Lipinski definition) is 1. The van der Waals surface area contributed by atoms with Gasteiger partial charge in [-0.3, -0.25) is 0 Å². The van der Waals surface area contributed by atoms with Gasteiger partial charge in [-0.15, -0.1) is 0 Å². The van der Waals surface area contributed by atoms with Crippen molar-refractivity contribution in [1.82, 2.24) is 0 Å². The maximum atomic E-state index is 12.2. The Bertz CT molecular complexity index is 601. The molecule has 2 aromatic carbocycles. The molecule has 112 valence electrons. The van der Waals surface area contributed by atoms with E-state index in [0.717, 1.165) is 10.0 Å². The summed E-state index contributed by atoms with van der Waals surface area (Å²) in [4.78, 5) is 0. The average Bonchev–Trinajstić information content (AvgIpc) is 2.44. The summed E-state index contributed by atoms with van der Waals surface area (Å²) in [6, 6.07) is 14.2. The monoisotopic (exact) mass is 359 g/mol. The van der Waals surface area contributed by atoms with Crippen LogP contribution < -0.4 is 10.1 Å². The fourth-order valence-corrected chi connectivity index (χ4v) is 2.16. The number of halogens is 4. The molecule has 0 aromatic heterocycles. The molecule has 2 aromatic rings. The number of alkyl halides is 3. The largest absolute Gasteiger partial charge is 0.482 e. The minimum atomic E-state index is -4.35. The topological polar surface area (TPSA) is 21.3 Å². The second-order valence-corrected chi connectivity index (χ2v) is 5.20. The zero-order valence-corrected chi connectivity index (χ0v) is 12.5. The lowest BCUT2D eigenvalue weighted by Gasteiger charge is -2.14. The molecule has 0 saturated heterocycles. The van der Waals surface area contributed by atoms with Crippen LogP contribution in [0.2, 0.25) is 0 Å². The van der Waals surface area contributed by atoms with Gasteiger partial charge in [-0.05, 0) is 23.8 Å². The fourth-order valence-electron chi connectivity index (χ4n) is 1.73. The molecule has 2 nitrogen and oxygen atoms in total. The van der Waals surface area contributed by atoms with Gasteiger partial charge < -0.3 is 10.1 Å². The Balaban J connectivity index is 2.05. The van der Waals surface area contributed by atoms with Crippen molar-refractivity contribution < 1.29 is 17.9 Å². The fraction of sp³-hybridized carbons (Fsp3) is 0.200. The van der Waals surface area contributed by atoms with E-state index in [1.807, 2.05) is 24.3 Å². The molecule has 2 rings (SSSR count). The molecule has 0 amide bonds. The molecule has 0 aliphatic heterocycles. The molecule has 0 heterocycles. The van der Waals surface area contributed by atoms with Crippen molar-refractivity contribution in [2.24, 2.45) is 0 Å². The van der Waals surface area contributed by atoms with Gasteiger partial charge in [-0.25, -0.2) is 0 Å². The quantitative estimate of drug-likeness (QED) is 0.810. The molecular weight excluding hydrogens is 347 g/mol. The summed E-state index contributed by atoms with van der Waals surface area (Å²) in [5.41, 5.74) is 1.53. The van der Waals surface area contributed by atoms with Gasteiger partial charge in [-0.1, -0.05) is 46.3 Å². The minimum Gasteiger partial charge on any atom is -0.482 e. The van der Waals surface area contributed by atoms with Crippen LogP contribution in [0.15, 0.2) is 53.0 Å². The number of rotatable bonds is 5. The Labute approximate surface area is 129 Å². The van der Waals surface area contributed by atoms with Gasteiger partial charge in [0.15, 0.2) is 6.61 Å². The SMILES string of the molecule is FC(F)(F)COc1ccccc1NCc1ccccc1Br. The normalized spacial score (nSPS) is 11.2. The van der Waals surface area contributed by atoms with Crippen LogP contribution in [-0.2, 0) is 6.54 Å². The van der Waals surface area contributed by atoms with Gasteiger partial charge >= 0.3 is 6.18 Å². The summed E-state index contributed by atoms with van der Waals surface area (Å²) in [7, 11) is 0. The van der Waals surface area contributed by atoms with Crippen LogP contribution in [0.4, 0.5) is 18.9 Å². The summed E-state index contributed by atoms with van der Waals surface area (Å²) < 4.78 is 42.4. The van der Waals surface area contributed by atoms with E-state index >= 15 is 0 Å². The average molecular weight is 360 g/mol. The third kappa shape index (κ3) is 4.97.